The van der Waals surface area contributed by atoms with Gasteiger partial charge in [-0.3, -0.25) is 0 Å². The summed E-state index contributed by atoms with van der Waals surface area (Å²) in [5.41, 5.74) is 9.90. The third-order valence-corrected chi connectivity index (χ3v) is 17.9. The van der Waals surface area contributed by atoms with Crippen molar-refractivity contribution in [3.05, 3.63) is 332 Å². The zero-order chi connectivity index (χ0) is 67.1. The molecule has 16 bridgehead atoms. The van der Waals surface area contributed by atoms with Crippen molar-refractivity contribution in [3.8, 4) is 46.0 Å². The van der Waals surface area contributed by atoms with Crippen molar-refractivity contribution in [2.24, 2.45) is 0 Å². The molecular formula is C88H92Ir2O8Rh2-4. The number of fused-ring (bicyclic) bond motifs is 16. The molecule has 6 aliphatic carbocycles. The van der Waals surface area contributed by atoms with Crippen LogP contribution >= 0.6 is 0 Å². The van der Waals surface area contributed by atoms with E-state index in [0.717, 1.165) is 0 Å². The number of hydrogen-bond donors (Lipinski definition) is 4. The maximum absolute atomic E-state index is 13.1. The molecule has 0 heterocycles. The van der Waals surface area contributed by atoms with Gasteiger partial charge in [0.25, 0.3) is 0 Å². The van der Waals surface area contributed by atoms with E-state index in [9.17, 15) is 40.9 Å². The van der Waals surface area contributed by atoms with Gasteiger partial charge in [0.05, 0.1) is 0 Å². The molecule has 8 aromatic rings. The summed E-state index contributed by atoms with van der Waals surface area (Å²) in [7, 11) is 0. The number of rotatable bonds is 0. The number of para-hydroxylation sites is 8. The summed E-state index contributed by atoms with van der Waals surface area (Å²) in [6.07, 6.45) is 58.4. The van der Waals surface area contributed by atoms with Crippen LogP contribution in [0, 0.1) is 0 Å². The second kappa shape index (κ2) is 45.5. The van der Waals surface area contributed by atoms with Crippen LogP contribution < -0.4 is 20.4 Å². The normalized spacial score (nSPS) is 17.3. The monoisotopic (exact) mass is 1870 g/mol. The van der Waals surface area contributed by atoms with Gasteiger partial charge >= 0.3 is 0 Å². The summed E-state index contributed by atoms with van der Waals surface area (Å²) >= 11 is 0. The minimum absolute atomic E-state index is 0. The Labute approximate surface area is 646 Å². The van der Waals surface area contributed by atoms with Crippen molar-refractivity contribution in [2.75, 3.05) is 0 Å². The minimum Gasteiger partial charge on any atom is -0.872 e. The van der Waals surface area contributed by atoms with E-state index in [2.05, 4.69) is 97.2 Å². The Morgan fingerprint density at radius 2 is 0.260 bits per heavy atom. The second-order valence-corrected chi connectivity index (χ2v) is 25.1. The van der Waals surface area contributed by atoms with E-state index in [1.807, 2.05) is 97.1 Å². The van der Waals surface area contributed by atoms with Crippen LogP contribution in [0.5, 0.6) is 46.0 Å². The van der Waals surface area contributed by atoms with Gasteiger partial charge in [0, 0.05) is 118 Å². The second-order valence-electron chi connectivity index (χ2n) is 25.1. The molecule has 100 heavy (non-hydrogen) atoms. The maximum atomic E-state index is 13.1. The number of allylic oxidation sites excluding steroid dienone is 16. The molecule has 0 atom stereocenters. The smallest absolute Gasteiger partial charge is 0.122 e. The van der Waals surface area contributed by atoms with Crippen molar-refractivity contribution in [1.29, 1.82) is 0 Å². The predicted molar refractivity (Wildman–Crippen MR) is 385 cm³/mol. The Kier molecular flexibility index (Phi) is 37.9. The number of phenols is 4. The fraction of sp³-hybridized carbons (Fsp3) is 0.273. The van der Waals surface area contributed by atoms with E-state index < -0.39 is 0 Å². The average Bonchev–Trinajstić information content (AvgIpc) is 0.807. The van der Waals surface area contributed by atoms with Crippen molar-refractivity contribution in [1.82, 2.24) is 0 Å². The van der Waals surface area contributed by atoms with Crippen LogP contribution in [-0.4, -0.2) is 20.4 Å². The number of benzene rings is 8. The summed E-state index contributed by atoms with van der Waals surface area (Å²) < 4.78 is 0. The van der Waals surface area contributed by atoms with Gasteiger partial charge in [-0.05, 0) is 160 Å². The first kappa shape index (κ1) is 83.3. The molecule has 8 aromatic carbocycles. The fourth-order valence-corrected chi connectivity index (χ4v) is 12.5. The van der Waals surface area contributed by atoms with Gasteiger partial charge in [-0.2, -0.15) is 0 Å². The standard InChI is InChI=1S/2C28H24O4.4C8H12.2Ir.2Rh/c2*29-25-17-5-1-6-18(25)14-20-8-3-10-22(27(20)31)16-24-12-4-11-23(28(24)32)15-21-9-2-7-19(13-17)26(21)30;4*1-2-4-6-8-7-5-3-1;;;;/h2*1-12,29-32H,13-16H2;4*1-2,7-8H,3-6H2;;;;/p-4/b;;4*2-1-,8-7-;;;;. The first-order valence-electron chi connectivity index (χ1n) is 34.5. The summed E-state index contributed by atoms with van der Waals surface area (Å²) in [4.78, 5) is 0. The van der Waals surface area contributed by atoms with Crippen molar-refractivity contribution in [3.63, 3.8) is 0 Å². The quantitative estimate of drug-likeness (QED) is 0.0858. The van der Waals surface area contributed by atoms with Gasteiger partial charge in [0.1, 0.15) is 23.0 Å². The van der Waals surface area contributed by atoms with Crippen LogP contribution in [-0.2, 0) is 131 Å². The average molecular weight is 1870 g/mol. The maximum Gasteiger partial charge on any atom is 0.122 e. The van der Waals surface area contributed by atoms with E-state index in [0.29, 0.717) is 128 Å². The number of hydrogen-bond acceptors (Lipinski definition) is 8. The molecule has 0 aromatic heterocycles. The van der Waals surface area contributed by atoms with E-state index in [-0.39, 0.29) is 138 Å². The van der Waals surface area contributed by atoms with E-state index in [4.69, 9.17) is 0 Å². The van der Waals surface area contributed by atoms with Gasteiger partial charge in [-0.1, -0.05) is 287 Å². The Balaban J connectivity index is 0.000000244. The van der Waals surface area contributed by atoms with Crippen LogP contribution in [0.1, 0.15) is 192 Å². The third-order valence-electron chi connectivity index (χ3n) is 17.9. The summed E-state index contributed by atoms with van der Waals surface area (Å²) in [5, 5.41) is 96.2. The molecule has 8 nitrogen and oxygen atoms in total. The molecule has 4 N–H and O–H groups in total. The van der Waals surface area contributed by atoms with E-state index in [1.54, 1.807) is 48.5 Å². The Bertz CT molecular complexity index is 3110. The zero-order valence-corrected chi connectivity index (χ0v) is 64.9. The largest absolute Gasteiger partial charge is 0.872 e. The van der Waals surface area contributed by atoms with Crippen molar-refractivity contribution < 1.29 is 120 Å². The molecule has 0 fully saturated rings. The van der Waals surface area contributed by atoms with Crippen LogP contribution in [0.25, 0.3) is 0 Å². The Hall–Kier alpha value is -7.37. The number of aromatic hydroxyl groups is 4. The molecule has 0 aliphatic heterocycles. The third kappa shape index (κ3) is 25.6. The van der Waals surface area contributed by atoms with Crippen molar-refractivity contribution >= 4 is 0 Å². The topological polar surface area (TPSA) is 173 Å². The minimum atomic E-state index is -0.0999. The predicted octanol–water partition coefficient (Wildman–Crippen LogP) is 18.5. The van der Waals surface area contributed by atoms with Gasteiger partial charge < -0.3 is 40.9 Å². The molecule has 0 unspecified atom stereocenters. The first-order chi connectivity index (χ1) is 47.0. The molecule has 0 saturated heterocycles. The molecule has 0 saturated carbocycles. The first-order valence-corrected chi connectivity index (χ1v) is 34.5. The summed E-state index contributed by atoms with van der Waals surface area (Å²) in [6, 6.07) is 43.4. The zero-order valence-electron chi connectivity index (χ0n) is 56.8. The molecule has 14 rings (SSSR count). The number of phenolic OH excluding ortho intramolecular Hbond substituents is 4. The molecule has 0 spiro atoms. The van der Waals surface area contributed by atoms with Crippen LogP contribution in [0.15, 0.2) is 243 Å². The Morgan fingerprint density at radius 3 is 0.380 bits per heavy atom. The molecule has 12 heteroatoms. The van der Waals surface area contributed by atoms with Crippen molar-refractivity contribution in [2.45, 2.75) is 154 Å². The molecule has 0 amide bonds. The van der Waals surface area contributed by atoms with Gasteiger partial charge in [-0.25, -0.2) is 0 Å². The van der Waals surface area contributed by atoms with Gasteiger partial charge in [0.15, 0.2) is 0 Å². The van der Waals surface area contributed by atoms with Crippen LogP contribution in [0.3, 0.4) is 0 Å². The van der Waals surface area contributed by atoms with Crippen LogP contribution in [0.2, 0.25) is 0 Å². The molecule has 6 aliphatic rings. The van der Waals surface area contributed by atoms with Gasteiger partial charge in [-0.15, -0.1) is 23.0 Å². The van der Waals surface area contributed by atoms with E-state index in [1.165, 1.54) is 103 Å². The molecule has 532 valence electrons. The fourth-order valence-electron chi connectivity index (χ4n) is 12.5. The van der Waals surface area contributed by atoms with Crippen LogP contribution in [0.4, 0.5) is 0 Å². The van der Waals surface area contributed by atoms with E-state index >= 15 is 0 Å². The summed E-state index contributed by atoms with van der Waals surface area (Å²) in [6.45, 7) is 0. The summed E-state index contributed by atoms with van der Waals surface area (Å²) in [5.74, 6) is 0.160. The molecular weight excluding hydrogens is 1780 g/mol. The van der Waals surface area contributed by atoms with Gasteiger partial charge in [0.2, 0.25) is 0 Å². The molecule has 4 radical (unpaired) electrons. The SMILES string of the molecule is C1=C\CC/C=C\CC/1.C1=C\CC/C=C\CC/1.C1=C\CC/C=C\CC/1.C1=C\CC/C=C\CC/1.[Ir].[Ir].[O-]c1c2cccc1Cc1cccc(c1O)Cc1cccc(c1O)Cc1cccc(c1[O-])C2.[O-]c1c2cccc1Cc1cccc(c1O)Cc1cccc(c1O)Cc1cccc(c1[O-])C2.[Rh].[Rh]. The Morgan fingerprint density at radius 1 is 0.170 bits per heavy atom.